The van der Waals surface area contributed by atoms with Crippen LogP contribution >= 0.6 is 0 Å². The van der Waals surface area contributed by atoms with Gasteiger partial charge in [0.2, 0.25) is 0 Å². The maximum Gasteiger partial charge on any atom is 0.134 e. The molecule has 4 heteroatoms. The molecule has 14 heavy (non-hydrogen) atoms. The lowest BCUT2D eigenvalue weighted by molar-refractivity contribution is 0.211. The molecule has 1 heterocycles. The molecule has 1 aromatic carbocycles. The van der Waals surface area contributed by atoms with Gasteiger partial charge in [0, 0.05) is 11.6 Å². The molecule has 1 N–H and O–H groups in total. The molecule has 0 radical (unpaired) electrons. The van der Waals surface area contributed by atoms with Gasteiger partial charge in [-0.05, 0) is 18.6 Å². The molecule has 2 rings (SSSR count). The van der Waals surface area contributed by atoms with Gasteiger partial charge >= 0.3 is 0 Å². The minimum Gasteiger partial charge on any atom is -0.508 e. The van der Waals surface area contributed by atoms with Crippen LogP contribution < -0.4 is 4.74 Å². The molecule has 0 aliphatic carbocycles. The molecular weight excluding hydrogens is 182 g/mol. The van der Waals surface area contributed by atoms with E-state index >= 15 is 0 Å². The van der Waals surface area contributed by atoms with Crippen LogP contribution in [0.25, 0.3) is 0 Å². The Morgan fingerprint density at radius 2 is 2.29 bits per heavy atom. The Morgan fingerprint density at radius 3 is 3.00 bits per heavy atom. The van der Waals surface area contributed by atoms with Crippen molar-refractivity contribution in [2.24, 2.45) is 5.16 Å². The summed E-state index contributed by atoms with van der Waals surface area (Å²) in [4.78, 5) is 4.70. The summed E-state index contributed by atoms with van der Waals surface area (Å²) in [7, 11) is 1.50. The van der Waals surface area contributed by atoms with Crippen molar-refractivity contribution in [3.8, 4) is 11.5 Å². The van der Waals surface area contributed by atoms with Crippen molar-refractivity contribution >= 4 is 5.71 Å². The third kappa shape index (κ3) is 1.28. The van der Waals surface area contributed by atoms with Crippen molar-refractivity contribution in [2.45, 2.75) is 6.92 Å². The van der Waals surface area contributed by atoms with Crippen LogP contribution in [0.15, 0.2) is 17.3 Å². The second-order valence-electron chi connectivity index (χ2n) is 3.14. The Morgan fingerprint density at radius 1 is 1.50 bits per heavy atom. The SMILES string of the molecule is CO/N=C1\COc2cc(O)c(C)cc21. The van der Waals surface area contributed by atoms with Gasteiger partial charge in [0.05, 0.1) is 0 Å². The van der Waals surface area contributed by atoms with Gasteiger partial charge in [-0.3, -0.25) is 0 Å². The quantitative estimate of drug-likeness (QED) is 0.686. The summed E-state index contributed by atoms with van der Waals surface area (Å²) in [5.41, 5.74) is 2.45. The van der Waals surface area contributed by atoms with Crippen LogP contribution in [0.2, 0.25) is 0 Å². The number of rotatable bonds is 1. The number of nitrogens with zero attached hydrogens (tertiary/aromatic N) is 1. The zero-order valence-corrected chi connectivity index (χ0v) is 8.07. The van der Waals surface area contributed by atoms with Gasteiger partial charge in [-0.2, -0.15) is 0 Å². The Hall–Kier alpha value is -1.71. The lowest BCUT2D eigenvalue weighted by Crippen LogP contribution is -2.02. The molecule has 0 saturated carbocycles. The van der Waals surface area contributed by atoms with Gasteiger partial charge in [0.25, 0.3) is 0 Å². The van der Waals surface area contributed by atoms with Crippen molar-refractivity contribution in [1.29, 1.82) is 0 Å². The summed E-state index contributed by atoms with van der Waals surface area (Å²) >= 11 is 0. The highest BCUT2D eigenvalue weighted by Gasteiger charge is 2.21. The van der Waals surface area contributed by atoms with E-state index < -0.39 is 0 Å². The minimum atomic E-state index is 0.238. The summed E-state index contributed by atoms with van der Waals surface area (Å²) in [6.45, 7) is 2.23. The molecule has 0 fully saturated rings. The van der Waals surface area contributed by atoms with Gasteiger partial charge in [0.15, 0.2) is 0 Å². The van der Waals surface area contributed by atoms with Gasteiger partial charge in [-0.1, -0.05) is 5.16 Å². The van der Waals surface area contributed by atoms with E-state index in [1.807, 2.05) is 13.0 Å². The highest BCUT2D eigenvalue weighted by Crippen LogP contribution is 2.32. The van der Waals surface area contributed by atoms with E-state index in [0.717, 1.165) is 16.8 Å². The molecule has 74 valence electrons. The molecule has 0 spiro atoms. The summed E-state index contributed by atoms with van der Waals surface area (Å²) in [6.07, 6.45) is 0. The van der Waals surface area contributed by atoms with Crippen LogP contribution in [-0.2, 0) is 4.84 Å². The first-order chi connectivity index (χ1) is 6.72. The Balaban J connectivity index is 2.50. The number of oxime groups is 1. The van der Waals surface area contributed by atoms with Gasteiger partial charge < -0.3 is 14.7 Å². The molecule has 0 bridgehead atoms. The first-order valence-corrected chi connectivity index (χ1v) is 4.29. The number of aryl methyl sites for hydroxylation is 1. The lowest BCUT2D eigenvalue weighted by Gasteiger charge is -2.01. The predicted molar refractivity (Wildman–Crippen MR) is 51.9 cm³/mol. The van der Waals surface area contributed by atoms with E-state index in [4.69, 9.17) is 9.57 Å². The Bertz CT molecular complexity index is 399. The average molecular weight is 193 g/mol. The Labute approximate surface area is 81.8 Å². The molecular formula is C10H11NO3. The molecule has 1 aliphatic rings. The second kappa shape index (κ2) is 3.21. The first-order valence-electron chi connectivity index (χ1n) is 4.29. The van der Waals surface area contributed by atoms with E-state index in [-0.39, 0.29) is 5.75 Å². The highest BCUT2D eigenvalue weighted by atomic mass is 16.6. The predicted octanol–water partition coefficient (Wildman–Crippen LogP) is 1.44. The number of hydrogen-bond donors (Lipinski definition) is 1. The number of phenolic OH excluding ortho intramolecular Hbond substituents is 1. The van der Waals surface area contributed by atoms with Crippen molar-refractivity contribution in [1.82, 2.24) is 0 Å². The maximum absolute atomic E-state index is 9.45. The number of benzene rings is 1. The summed E-state index contributed by atoms with van der Waals surface area (Å²) in [6, 6.07) is 3.44. The zero-order valence-electron chi connectivity index (χ0n) is 8.07. The minimum absolute atomic E-state index is 0.238. The summed E-state index contributed by atoms with van der Waals surface area (Å²) in [5.74, 6) is 0.895. The van der Waals surface area contributed by atoms with E-state index in [2.05, 4.69) is 5.16 Å². The van der Waals surface area contributed by atoms with Crippen LogP contribution in [0.5, 0.6) is 11.5 Å². The Kier molecular flexibility index (Phi) is 2.04. The van der Waals surface area contributed by atoms with Crippen molar-refractivity contribution in [3.05, 3.63) is 23.3 Å². The van der Waals surface area contributed by atoms with Gasteiger partial charge in [-0.25, -0.2) is 0 Å². The number of hydrogen-bond acceptors (Lipinski definition) is 4. The molecule has 4 nitrogen and oxygen atoms in total. The molecule has 0 amide bonds. The smallest absolute Gasteiger partial charge is 0.134 e. The van der Waals surface area contributed by atoms with E-state index in [1.165, 1.54) is 7.11 Å². The fourth-order valence-corrected chi connectivity index (χ4v) is 1.43. The number of aromatic hydroxyl groups is 1. The van der Waals surface area contributed by atoms with Gasteiger partial charge in [0.1, 0.15) is 30.9 Å². The zero-order chi connectivity index (χ0) is 10.1. The monoisotopic (exact) mass is 193 g/mol. The molecule has 0 saturated heterocycles. The molecule has 0 unspecified atom stereocenters. The molecule has 0 aromatic heterocycles. The molecule has 1 aliphatic heterocycles. The van der Waals surface area contributed by atoms with Crippen LogP contribution in [0.1, 0.15) is 11.1 Å². The second-order valence-corrected chi connectivity index (χ2v) is 3.14. The molecule has 0 atom stereocenters. The number of ether oxygens (including phenoxy) is 1. The third-order valence-electron chi connectivity index (χ3n) is 2.17. The van der Waals surface area contributed by atoms with Crippen molar-refractivity contribution in [2.75, 3.05) is 13.7 Å². The van der Waals surface area contributed by atoms with Crippen molar-refractivity contribution in [3.63, 3.8) is 0 Å². The van der Waals surface area contributed by atoms with Crippen LogP contribution in [0.3, 0.4) is 0 Å². The fourth-order valence-electron chi connectivity index (χ4n) is 1.43. The number of fused-ring (bicyclic) bond motifs is 1. The first kappa shape index (κ1) is 8.87. The average Bonchev–Trinajstić information content (AvgIpc) is 2.51. The topological polar surface area (TPSA) is 51.0 Å². The van der Waals surface area contributed by atoms with E-state index in [9.17, 15) is 5.11 Å². The van der Waals surface area contributed by atoms with Gasteiger partial charge in [-0.15, -0.1) is 0 Å². The largest absolute Gasteiger partial charge is 0.508 e. The standard InChI is InChI=1S/C10H11NO3/c1-6-3-7-8(11-13-2)5-14-10(7)4-9(6)12/h3-4,12H,5H2,1-2H3/b11-8+. The van der Waals surface area contributed by atoms with Crippen LogP contribution in [-0.4, -0.2) is 24.5 Å². The van der Waals surface area contributed by atoms with E-state index in [1.54, 1.807) is 6.07 Å². The summed E-state index contributed by atoms with van der Waals surface area (Å²) < 4.78 is 5.33. The fraction of sp³-hybridized carbons (Fsp3) is 0.300. The van der Waals surface area contributed by atoms with Crippen molar-refractivity contribution < 1.29 is 14.7 Å². The third-order valence-corrected chi connectivity index (χ3v) is 2.17. The van der Waals surface area contributed by atoms with Crippen LogP contribution in [0.4, 0.5) is 0 Å². The highest BCUT2D eigenvalue weighted by molar-refractivity contribution is 6.06. The molecule has 1 aromatic rings. The van der Waals surface area contributed by atoms with E-state index in [0.29, 0.717) is 12.4 Å². The number of phenols is 1. The van der Waals surface area contributed by atoms with Crippen LogP contribution in [0, 0.1) is 6.92 Å². The summed E-state index contributed by atoms with van der Waals surface area (Å²) in [5, 5.41) is 13.3. The lowest BCUT2D eigenvalue weighted by atomic mass is 10.1. The maximum atomic E-state index is 9.45. The normalized spacial score (nSPS) is 16.6.